The first-order valence-electron chi connectivity index (χ1n) is 8.77. The number of nitrogens with zero attached hydrogens (tertiary/aromatic N) is 2. The van der Waals surface area contributed by atoms with Crippen molar-refractivity contribution in [3.05, 3.63) is 42.0 Å². The number of ether oxygens (including phenoxy) is 2. The van der Waals surface area contributed by atoms with Crippen LogP contribution in [0.3, 0.4) is 0 Å². The Morgan fingerprint density at radius 1 is 1.31 bits per heavy atom. The summed E-state index contributed by atoms with van der Waals surface area (Å²) < 4.78 is 11.1. The second kappa shape index (κ2) is 9.97. The van der Waals surface area contributed by atoms with Gasteiger partial charge in [0.15, 0.2) is 5.96 Å². The molecule has 0 saturated carbocycles. The normalized spacial score (nSPS) is 17.0. The largest absolute Gasteiger partial charge is 0.496 e. The van der Waals surface area contributed by atoms with Crippen molar-refractivity contribution in [2.24, 2.45) is 10.9 Å². The summed E-state index contributed by atoms with van der Waals surface area (Å²) in [5.41, 5.74) is 1.15. The highest BCUT2D eigenvalue weighted by atomic mass is 127. The van der Waals surface area contributed by atoms with Crippen molar-refractivity contribution in [3.8, 4) is 5.75 Å². The highest BCUT2D eigenvalue weighted by Gasteiger charge is 2.19. The molecule has 0 aromatic heterocycles. The lowest BCUT2D eigenvalue weighted by molar-refractivity contribution is 0.181. The average Bonchev–Trinajstić information content (AvgIpc) is 3.15. The predicted molar refractivity (Wildman–Crippen MR) is 118 cm³/mol. The van der Waals surface area contributed by atoms with Crippen LogP contribution in [0.1, 0.15) is 12.0 Å². The first kappa shape index (κ1) is 20.8. The maximum absolute atomic E-state index is 5.58. The van der Waals surface area contributed by atoms with Crippen LogP contribution in [0.4, 0.5) is 0 Å². The molecule has 1 heterocycles. The zero-order valence-electron chi connectivity index (χ0n) is 15.7. The zero-order chi connectivity index (χ0) is 17.6. The van der Waals surface area contributed by atoms with E-state index >= 15 is 0 Å². The molecule has 5 nitrogen and oxygen atoms in total. The smallest absolute Gasteiger partial charge is 0.193 e. The van der Waals surface area contributed by atoms with Crippen LogP contribution in [0.2, 0.25) is 0 Å². The third-order valence-corrected chi connectivity index (χ3v) is 4.77. The summed E-state index contributed by atoms with van der Waals surface area (Å²) in [6.45, 7) is 3.34. The fraction of sp³-hybridized carbons (Fsp3) is 0.450. The summed E-state index contributed by atoms with van der Waals surface area (Å²) in [7, 11) is 5.62. The van der Waals surface area contributed by atoms with Gasteiger partial charge in [-0.2, -0.15) is 0 Å². The minimum absolute atomic E-state index is 0. The number of aliphatic imine (C=N–C) groups is 1. The van der Waals surface area contributed by atoms with Crippen molar-refractivity contribution in [2.75, 3.05) is 41.0 Å². The van der Waals surface area contributed by atoms with E-state index in [1.165, 1.54) is 10.8 Å². The molecule has 2 aromatic rings. The van der Waals surface area contributed by atoms with Gasteiger partial charge >= 0.3 is 0 Å². The summed E-state index contributed by atoms with van der Waals surface area (Å²) in [5.74, 6) is 2.37. The van der Waals surface area contributed by atoms with Gasteiger partial charge in [0.1, 0.15) is 5.75 Å². The first-order chi connectivity index (χ1) is 12.2. The van der Waals surface area contributed by atoms with Crippen molar-refractivity contribution in [3.63, 3.8) is 0 Å². The number of guanidine groups is 1. The Morgan fingerprint density at radius 3 is 2.81 bits per heavy atom. The van der Waals surface area contributed by atoms with Crippen LogP contribution in [-0.4, -0.2) is 51.8 Å². The van der Waals surface area contributed by atoms with Crippen LogP contribution >= 0.6 is 24.0 Å². The van der Waals surface area contributed by atoms with E-state index in [-0.39, 0.29) is 24.0 Å². The Balaban J connectivity index is 0.00000243. The quantitative estimate of drug-likeness (QED) is 0.414. The molecule has 2 aromatic carbocycles. The SMILES string of the molecule is CN=C(NCc1c(OC)ccc2ccccc12)N(C)CC1CCOC1.I. The topological polar surface area (TPSA) is 46.1 Å². The summed E-state index contributed by atoms with van der Waals surface area (Å²) in [6, 6.07) is 12.5. The van der Waals surface area contributed by atoms with Crippen LogP contribution in [0, 0.1) is 5.92 Å². The van der Waals surface area contributed by atoms with Crippen LogP contribution in [0.5, 0.6) is 5.75 Å². The molecule has 26 heavy (non-hydrogen) atoms. The number of hydrogen-bond acceptors (Lipinski definition) is 3. The van der Waals surface area contributed by atoms with Gasteiger partial charge in [0.2, 0.25) is 0 Å². The molecule has 1 atom stereocenters. The van der Waals surface area contributed by atoms with Crippen molar-refractivity contribution < 1.29 is 9.47 Å². The summed E-state index contributed by atoms with van der Waals surface area (Å²) >= 11 is 0. The molecule has 142 valence electrons. The number of methoxy groups -OCH3 is 1. The summed E-state index contributed by atoms with van der Waals surface area (Å²) in [5, 5.41) is 5.90. The number of nitrogens with one attached hydrogen (secondary N) is 1. The van der Waals surface area contributed by atoms with E-state index in [1.807, 2.05) is 13.1 Å². The van der Waals surface area contributed by atoms with E-state index in [0.717, 1.165) is 43.5 Å². The molecular formula is C20H28IN3O2. The minimum atomic E-state index is 0. The Kier molecular flexibility index (Phi) is 7.96. The lowest BCUT2D eigenvalue weighted by Gasteiger charge is -2.25. The van der Waals surface area contributed by atoms with Crippen molar-refractivity contribution >= 4 is 40.7 Å². The van der Waals surface area contributed by atoms with Crippen molar-refractivity contribution in [1.82, 2.24) is 10.2 Å². The first-order valence-corrected chi connectivity index (χ1v) is 8.77. The van der Waals surface area contributed by atoms with Gasteiger partial charge in [-0.15, -0.1) is 24.0 Å². The highest BCUT2D eigenvalue weighted by molar-refractivity contribution is 14.0. The summed E-state index contributed by atoms with van der Waals surface area (Å²) in [4.78, 5) is 6.61. The molecule has 6 heteroatoms. The molecule has 1 aliphatic rings. The molecule has 3 rings (SSSR count). The third kappa shape index (κ3) is 4.79. The molecule has 0 bridgehead atoms. The van der Waals surface area contributed by atoms with Gasteiger partial charge in [-0.05, 0) is 23.3 Å². The number of benzene rings is 2. The van der Waals surface area contributed by atoms with E-state index in [9.17, 15) is 0 Å². The van der Waals surface area contributed by atoms with Gasteiger partial charge in [-0.25, -0.2) is 0 Å². The van der Waals surface area contributed by atoms with Crippen molar-refractivity contribution in [1.29, 1.82) is 0 Å². The molecule has 0 amide bonds. The van der Waals surface area contributed by atoms with Gasteiger partial charge in [0, 0.05) is 45.3 Å². The molecule has 1 N–H and O–H groups in total. The molecular weight excluding hydrogens is 441 g/mol. The monoisotopic (exact) mass is 469 g/mol. The molecule has 1 unspecified atom stereocenters. The van der Waals surface area contributed by atoms with Gasteiger partial charge in [0.25, 0.3) is 0 Å². The Labute approximate surface area is 172 Å². The Bertz CT molecular complexity index is 745. The molecule has 0 aliphatic carbocycles. The second-order valence-corrected chi connectivity index (χ2v) is 6.48. The maximum Gasteiger partial charge on any atom is 0.193 e. The van der Waals surface area contributed by atoms with Crippen LogP contribution in [0.15, 0.2) is 41.4 Å². The number of halogens is 1. The fourth-order valence-electron chi connectivity index (χ4n) is 3.44. The van der Waals surface area contributed by atoms with Gasteiger partial charge in [0.05, 0.1) is 13.7 Å². The van der Waals surface area contributed by atoms with Gasteiger partial charge in [-0.1, -0.05) is 30.3 Å². The van der Waals surface area contributed by atoms with E-state index < -0.39 is 0 Å². The summed E-state index contributed by atoms with van der Waals surface area (Å²) in [6.07, 6.45) is 1.12. The second-order valence-electron chi connectivity index (χ2n) is 6.48. The van der Waals surface area contributed by atoms with E-state index in [0.29, 0.717) is 12.5 Å². The third-order valence-electron chi connectivity index (χ3n) is 4.77. The minimum Gasteiger partial charge on any atom is -0.496 e. The molecule has 0 radical (unpaired) electrons. The lowest BCUT2D eigenvalue weighted by atomic mass is 10.0. The van der Waals surface area contributed by atoms with Crippen LogP contribution < -0.4 is 10.1 Å². The molecule has 1 saturated heterocycles. The van der Waals surface area contributed by atoms with Crippen LogP contribution in [-0.2, 0) is 11.3 Å². The predicted octanol–water partition coefficient (Wildman–Crippen LogP) is 3.51. The fourth-order valence-corrected chi connectivity index (χ4v) is 3.44. The van der Waals surface area contributed by atoms with Gasteiger partial charge < -0.3 is 19.7 Å². The van der Waals surface area contributed by atoms with Gasteiger partial charge in [-0.3, -0.25) is 4.99 Å². The number of hydrogen-bond donors (Lipinski definition) is 1. The Hall–Kier alpha value is -1.54. The van der Waals surface area contributed by atoms with E-state index in [1.54, 1.807) is 7.11 Å². The Morgan fingerprint density at radius 2 is 2.12 bits per heavy atom. The van der Waals surface area contributed by atoms with E-state index in [2.05, 4.69) is 52.6 Å². The molecule has 1 aliphatic heterocycles. The van der Waals surface area contributed by atoms with Crippen molar-refractivity contribution in [2.45, 2.75) is 13.0 Å². The standard InChI is InChI=1S/C20H27N3O2.HI/c1-21-20(23(2)13-15-10-11-25-14-15)22-12-18-17-7-5-4-6-16(17)8-9-19(18)24-3;/h4-9,15H,10-14H2,1-3H3,(H,21,22);1H. The lowest BCUT2D eigenvalue weighted by Crippen LogP contribution is -2.41. The number of rotatable bonds is 5. The van der Waals surface area contributed by atoms with E-state index in [4.69, 9.17) is 9.47 Å². The molecule has 1 fully saturated rings. The highest BCUT2D eigenvalue weighted by Crippen LogP contribution is 2.27. The average molecular weight is 469 g/mol. The number of fused-ring (bicyclic) bond motifs is 1. The zero-order valence-corrected chi connectivity index (χ0v) is 18.0. The maximum atomic E-state index is 5.58. The molecule has 0 spiro atoms. The van der Waals surface area contributed by atoms with Crippen LogP contribution in [0.25, 0.3) is 10.8 Å².